The molecule has 0 atom stereocenters. The number of carbonyl (C=O) groups excluding carboxylic acids is 1. The van der Waals surface area contributed by atoms with E-state index in [-0.39, 0.29) is 18.1 Å². The highest BCUT2D eigenvalue weighted by molar-refractivity contribution is 6.35. The van der Waals surface area contributed by atoms with E-state index in [1.807, 2.05) is 0 Å². The minimum atomic E-state index is -4.73. The summed E-state index contributed by atoms with van der Waals surface area (Å²) in [5, 5.41) is 3.75. The second kappa shape index (κ2) is 6.78. The summed E-state index contributed by atoms with van der Waals surface area (Å²) in [7, 11) is 0. The van der Waals surface area contributed by atoms with E-state index in [9.17, 15) is 18.0 Å². The van der Waals surface area contributed by atoms with E-state index >= 15 is 0 Å². The van der Waals surface area contributed by atoms with Gasteiger partial charge in [0.15, 0.2) is 0 Å². The average molecular weight is 290 g/mol. The van der Waals surface area contributed by atoms with Crippen LogP contribution in [-0.2, 0) is 9.53 Å². The van der Waals surface area contributed by atoms with E-state index in [2.05, 4.69) is 15.3 Å². The predicted molar refractivity (Wildman–Crippen MR) is 66.5 cm³/mol. The standard InChI is InChI=1S/C12H13F3N2O3/c1-3-19-11(18)8(2)16-17-9-4-6-10(7-5-9)20-12(13,14)15/h4-7,17H,3H2,1-2H3/b16-8-. The Balaban J connectivity index is 2.62. The molecule has 0 aliphatic rings. The quantitative estimate of drug-likeness (QED) is 0.514. The van der Waals surface area contributed by atoms with Gasteiger partial charge in [-0.15, -0.1) is 13.2 Å². The summed E-state index contributed by atoms with van der Waals surface area (Å²) in [6.45, 7) is 3.35. The number of ether oxygens (including phenoxy) is 2. The van der Waals surface area contributed by atoms with Gasteiger partial charge >= 0.3 is 12.3 Å². The SMILES string of the molecule is CCOC(=O)/C(C)=N\Nc1ccc(OC(F)(F)F)cc1. The van der Waals surface area contributed by atoms with Gasteiger partial charge in [0.2, 0.25) is 0 Å². The van der Waals surface area contributed by atoms with Gasteiger partial charge in [0.05, 0.1) is 12.3 Å². The van der Waals surface area contributed by atoms with Crippen molar-refractivity contribution in [2.45, 2.75) is 20.2 Å². The van der Waals surface area contributed by atoms with Gasteiger partial charge in [-0.05, 0) is 38.1 Å². The Morgan fingerprint density at radius 1 is 1.30 bits per heavy atom. The third kappa shape index (κ3) is 5.59. The van der Waals surface area contributed by atoms with Crippen LogP contribution in [0.25, 0.3) is 0 Å². The van der Waals surface area contributed by atoms with E-state index in [1.165, 1.54) is 19.1 Å². The van der Waals surface area contributed by atoms with Gasteiger partial charge in [-0.3, -0.25) is 5.43 Å². The first-order valence-electron chi connectivity index (χ1n) is 5.65. The van der Waals surface area contributed by atoms with Crippen molar-refractivity contribution in [2.24, 2.45) is 5.10 Å². The van der Waals surface area contributed by atoms with Crippen molar-refractivity contribution in [3.8, 4) is 5.75 Å². The Hall–Kier alpha value is -2.25. The van der Waals surface area contributed by atoms with Crippen LogP contribution in [-0.4, -0.2) is 24.7 Å². The summed E-state index contributed by atoms with van der Waals surface area (Å²) in [5.74, 6) is -0.911. The van der Waals surface area contributed by atoms with Crippen LogP contribution in [0.15, 0.2) is 29.4 Å². The van der Waals surface area contributed by atoms with Crippen molar-refractivity contribution < 1.29 is 27.4 Å². The molecule has 0 heterocycles. The first-order chi connectivity index (χ1) is 9.31. The molecule has 0 spiro atoms. The molecule has 1 rings (SSSR count). The van der Waals surface area contributed by atoms with Crippen LogP contribution in [0.5, 0.6) is 5.75 Å². The average Bonchev–Trinajstić information content (AvgIpc) is 2.36. The first kappa shape index (κ1) is 15.8. The molecule has 20 heavy (non-hydrogen) atoms. The van der Waals surface area contributed by atoms with Crippen LogP contribution in [0, 0.1) is 0 Å². The molecule has 0 radical (unpaired) electrons. The molecule has 5 nitrogen and oxygen atoms in total. The van der Waals surface area contributed by atoms with Crippen molar-refractivity contribution in [1.29, 1.82) is 0 Å². The number of nitrogens with one attached hydrogen (secondary N) is 1. The third-order valence-corrected chi connectivity index (χ3v) is 2.01. The van der Waals surface area contributed by atoms with Crippen molar-refractivity contribution in [1.82, 2.24) is 0 Å². The maximum atomic E-state index is 11.9. The maximum absolute atomic E-state index is 11.9. The molecule has 0 saturated heterocycles. The lowest BCUT2D eigenvalue weighted by molar-refractivity contribution is -0.274. The lowest BCUT2D eigenvalue weighted by Crippen LogP contribution is -2.17. The smallest absolute Gasteiger partial charge is 0.461 e. The molecule has 0 bridgehead atoms. The van der Waals surface area contributed by atoms with E-state index < -0.39 is 12.3 Å². The molecule has 1 aromatic carbocycles. The zero-order valence-electron chi connectivity index (χ0n) is 10.8. The largest absolute Gasteiger partial charge is 0.573 e. The van der Waals surface area contributed by atoms with E-state index in [0.29, 0.717) is 5.69 Å². The molecule has 0 fully saturated rings. The Morgan fingerprint density at radius 2 is 1.90 bits per heavy atom. The number of alkyl halides is 3. The monoisotopic (exact) mass is 290 g/mol. The van der Waals surface area contributed by atoms with Crippen LogP contribution < -0.4 is 10.2 Å². The number of benzene rings is 1. The maximum Gasteiger partial charge on any atom is 0.573 e. The van der Waals surface area contributed by atoms with Crippen LogP contribution in [0.3, 0.4) is 0 Å². The number of carbonyl (C=O) groups is 1. The van der Waals surface area contributed by atoms with Gasteiger partial charge in [-0.25, -0.2) is 4.79 Å². The molecule has 0 aliphatic heterocycles. The molecule has 8 heteroatoms. The third-order valence-electron chi connectivity index (χ3n) is 2.01. The zero-order valence-corrected chi connectivity index (χ0v) is 10.8. The highest BCUT2D eigenvalue weighted by Crippen LogP contribution is 2.23. The van der Waals surface area contributed by atoms with Gasteiger partial charge in [0, 0.05) is 0 Å². The zero-order chi connectivity index (χ0) is 15.2. The van der Waals surface area contributed by atoms with Crippen molar-refractivity contribution in [3.63, 3.8) is 0 Å². The van der Waals surface area contributed by atoms with Crippen molar-refractivity contribution in [2.75, 3.05) is 12.0 Å². The van der Waals surface area contributed by atoms with E-state index in [4.69, 9.17) is 4.74 Å². The molecule has 0 unspecified atom stereocenters. The minimum absolute atomic E-state index is 0.0995. The number of hydrogen-bond acceptors (Lipinski definition) is 5. The Morgan fingerprint density at radius 3 is 2.40 bits per heavy atom. The lowest BCUT2D eigenvalue weighted by Gasteiger charge is -2.09. The number of nitrogens with zero attached hydrogens (tertiary/aromatic N) is 1. The minimum Gasteiger partial charge on any atom is -0.461 e. The predicted octanol–water partition coefficient (Wildman–Crippen LogP) is 2.94. The lowest BCUT2D eigenvalue weighted by atomic mass is 10.3. The summed E-state index contributed by atoms with van der Waals surface area (Å²) in [4.78, 5) is 11.2. The highest BCUT2D eigenvalue weighted by atomic mass is 19.4. The van der Waals surface area contributed by atoms with Crippen molar-refractivity contribution >= 4 is 17.4 Å². The first-order valence-corrected chi connectivity index (χ1v) is 5.65. The molecular weight excluding hydrogens is 277 g/mol. The fraction of sp³-hybridized carbons (Fsp3) is 0.333. The van der Waals surface area contributed by atoms with Gasteiger partial charge in [0.1, 0.15) is 11.5 Å². The van der Waals surface area contributed by atoms with Crippen LogP contribution in [0.4, 0.5) is 18.9 Å². The van der Waals surface area contributed by atoms with Gasteiger partial charge in [-0.2, -0.15) is 5.10 Å². The van der Waals surface area contributed by atoms with Gasteiger partial charge in [0.25, 0.3) is 0 Å². The fourth-order valence-corrected chi connectivity index (χ4v) is 1.16. The molecule has 0 aromatic heterocycles. The summed E-state index contributed by atoms with van der Waals surface area (Å²) < 4.78 is 44.3. The second-order valence-corrected chi connectivity index (χ2v) is 3.60. The summed E-state index contributed by atoms with van der Waals surface area (Å²) >= 11 is 0. The van der Waals surface area contributed by atoms with Gasteiger partial charge < -0.3 is 9.47 Å². The summed E-state index contributed by atoms with van der Waals surface area (Å²) in [5.41, 5.74) is 3.03. The molecule has 0 aliphatic carbocycles. The Bertz CT molecular complexity index is 484. The molecular formula is C12H13F3N2O3. The number of hydrazone groups is 1. The Kier molecular flexibility index (Phi) is 5.36. The second-order valence-electron chi connectivity index (χ2n) is 3.60. The van der Waals surface area contributed by atoms with Gasteiger partial charge in [-0.1, -0.05) is 0 Å². The topological polar surface area (TPSA) is 59.9 Å². The summed E-state index contributed by atoms with van der Waals surface area (Å²) in [6.07, 6.45) is -4.73. The molecule has 0 amide bonds. The van der Waals surface area contributed by atoms with Crippen LogP contribution in [0.1, 0.15) is 13.8 Å². The molecule has 1 aromatic rings. The normalized spacial score (nSPS) is 11.9. The van der Waals surface area contributed by atoms with Crippen LogP contribution in [0.2, 0.25) is 0 Å². The van der Waals surface area contributed by atoms with Crippen LogP contribution >= 0.6 is 0 Å². The number of anilines is 1. The highest BCUT2D eigenvalue weighted by Gasteiger charge is 2.30. The molecule has 0 saturated carbocycles. The number of esters is 1. The van der Waals surface area contributed by atoms with Crippen molar-refractivity contribution in [3.05, 3.63) is 24.3 Å². The van der Waals surface area contributed by atoms with E-state index in [1.54, 1.807) is 6.92 Å². The number of hydrogen-bond donors (Lipinski definition) is 1. The fourth-order valence-electron chi connectivity index (χ4n) is 1.16. The Labute approximate surface area is 113 Å². The number of rotatable bonds is 5. The molecule has 110 valence electrons. The summed E-state index contributed by atoms with van der Waals surface area (Å²) in [6, 6.07) is 4.93. The van der Waals surface area contributed by atoms with E-state index in [0.717, 1.165) is 12.1 Å². The molecule has 1 N–H and O–H groups in total. The number of halogens is 3.